The van der Waals surface area contributed by atoms with Crippen molar-refractivity contribution in [1.82, 2.24) is 4.90 Å². The van der Waals surface area contributed by atoms with Crippen LogP contribution in [-0.4, -0.2) is 29.9 Å². The molecule has 1 amide bonds. The molecule has 124 valence electrons. The topological polar surface area (TPSA) is 46.3 Å². The molecule has 0 aromatic rings. The van der Waals surface area contributed by atoms with Gasteiger partial charge in [-0.3, -0.25) is 4.79 Å². The Balaban J connectivity index is 0.00000125. The Kier molecular flexibility index (Phi) is 3.54. The van der Waals surface area contributed by atoms with E-state index < -0.39 is 0 Å². The van der Waals surface area contributed by atoms with Gasteiger partial charge in [0.15, 0.2) is 0 Å². The first kappa shape index (κ1) is 15.3. The maximum atomic E-state index is 13.3. The first-order valence-corrected chi connectivity index (χ1v) is 9.18. The lowest BCUT2D eigenvalue weighted by Gasteiger charge is -2.56. The number of carbonyl (C=O) groups excluding carboxylic acids is 1. The summed E-state index contributed by atoms with van der Waals surface area (Å²) in [6.07, 6.45) is 10.3. The zero-order chi connectivity index (χ0) is 14.2. The molecule has 0 aromatic carbocycles. The Morgan fingerprint density at radius 3 is 2.09 bits per heavy atom. The summed E-state index contributed by atoms with van der Waals surface area (Å²) in [5, 5.41) is 0. The molecule has 1 saturated heterocycles. The van der Waals surface area contributed by atoms with E-state index in [0.717, 1.165) is 30.8 Å². The van der Waals surface area contributed by atoms with Crippen LogP contribution >= 0.6 is 12.4 Å². The van der Waals surface area contributed by atoms with E-state index in [1.54, 1.807) is 0 Å². The zero-order valence-corrected chi connectivity index (χ0v) is 14.2. The predicted molar refractivity (Wildman–Crippen MR) is 88.6 cm³/mol. The van der Waals surface area contributed by atoms with E-state index in [4.69, 9.17) is 5.73 Å². The fourth-order valence-electron chi connectivity index (χ4n) is 7.18. The maximum Gasteiger partial charge on any atom is 0.228 e. The van der Waals surface area contributed by atoms with Crippen molar-refractivity contribution in [3.05, 3.63) is 0 Å². The van der Waals surface area contributed by atoms with Gasteiger partial charge >= 0.3 is 0 Å². The van der Waals surface area contributed by atoms with Gasteiger partial charge in [0.1, 0.15) is 0 Å². The highest BCUT2D eigenvalue weighted by Crippen LogP contribution is 2.61. The van der Waals surface area contributed by atoms with Crippen molar-refractivity contribution >= 4 is 18.3 Å². The van der Waals surface area contributed by atoms with Crippen LogP contribution in [0, 0.1) is 35.0 Å². The summed E-state index contributed by atoms with van der Waals surface area (Å²) in [6, 6.07) is 0.351. The fourth-order valence-corrected chi connectivity index (χ4v) is 7.18. The van der Waals surface area contributed by atoms with E-state index in [9.17, 15) is 4.79 Å². The lowest BCUT2D eigenvalue weighted by molar-refractivity contribution is -0.156. The smallest absolute Gasteiger partial charge is 0.228 e. The highest BCUT2D eigenvalue weighted by Gasteiger charge is 2.57. The molecular weight excluding hydrogens is 296 g/mol. The molecule has 5 saturated carbocycles. The van der Waals surface area contributed by atoms with Crippen LogP contribution in [-0.2, 0) is 4.79 Å². The molecule has 4 bridgehead atoms. The van der Waals surface area contributed by atoms with Gasteiger partial charge in [-0.2, -0.15) is 0 Å². The van der Waals surface area contributed by atoms with Gasteiger partial charge in [0.25, 0.3) is 0 Å². The standard InChI is InChI=1S/C18H28N2O.ClH/c19-16-2-1-14-9-20(10-15(14)16)17(21)18-6-11-3-12(7-18)5-13(4-11)8-18;/h11-16H,1-10,19H2;1H. The van der Waals surface area contributed by atoms with Crippen LogP contribution in [0.15, 0.2) is 0 Å². The van der Waals surface area contributed by atoms with Gasteiger partial charge in [0.05, 0.1) is 5.41 Å². The molecule has 1 aliphatic heterocycles. The largest absolute Gasteiger partial charge is 0.342 e. The predicted octanol–water partition coefficient (Wildman–Crippen LogP) is 2.82. The van der Waals surface area contributed by atoms with Crippen molar-refractivity contribution in [2.24, 2.45) is 40.7 Å². The molecule has 3 unspecified atom stereocenters. The summed E-state index contributed by atoms with van der Waals surface area (Å²) in [7, 11) is 0. The molecule has 0 radical (unpaired) electrons. The van der Waals surface area contributed by atoms with Crippen LogP contribution in [0.3, 0.4) is 0 Å². The number of nitrogens with two attached hydrogens (primary N) is 1. The van der Waals surface area contributed by atoms with Crippen LogP contribution in [0.1, 0.15) is 51.4 Å². The van der Waals surface area contributed by atoms with Gasteiger partial charge < -0.3 is 10.6 Å². The second-order valence-electron chi connectivity index (χ2n) is 9.07. The van der Waals surface area contributed by atoms with Crippen LogP contribution in [0.5, 0.6) is 0 Å². The van der Waals surface area contributed by atoms with E-state index in [-0.39, 0.29) is 17.8 Å². The maximum absolute atomic E-state index is 13.3. The number of fused-ring (bicyclic) bond motifs is 1. The summed E-state index contributed by atoms with van der Waals surface area (Å²) in [6.45, 7) is 1.98. The van der Waals surface area contributed by atoms with Gasteiger partial charge in [-0.25, -0.2) is 0 Å². The summed E-state index contributed by atoms with van der Waals surface area (Å²) in [5.74, 6) is 4.43. The molecular formula is C18H29ClN2O. The number of carbonyl (C=O) groups is 1. The number of hydrogen-bond acceptors (Lipinski definition) is 2. The number of amides is 1. The second kappa shape index (κ2) is 5.11. The molecule has 6 rings (SSSR count). The van der Waals surface area contributed by atoms with E-state index in [1.807, 2.05) is 0 Å². The van der Waals surface area contributed by atoms with Crippen molar-refractivity contribution in [2.45, 2.75) is 57.4 Å². The summed E-state index contributed by atoms with van der Waals surface area (Å²) in [5.41, 5.74) is 6.30. The van der Waals surface area contributed by atoms with Gasteiger partial charge in [-0.1, -0.05) is 0 Å². The lowest BCUT2D eigenvalue weighted by atomic mass is 9.49. The first-order chi connectivity index (χ1) is 10.1. The van der Waals surface area contributed by atoms with Gasteiger partial charge in [-0.05, 0) is 81.0 Å². The van der Waals surface area contributed by atoms with Crippen LogP contribution in [0.25, 0.3) is 0 Å². The van der Waals surface area contributed by atoms with Gasteiger partial charge in [0, 0.05) is 19.1 Å². The highest BCUT2D eigenvalue weighted by atomic mass is 35.5. The van der Waals surface area contributed by atoms with Crippen molar-refractivity contribution < 1.29 is 4.79 Å². The molecule has 0 spiro atoms. The van der Waals surface area contributed by atoms with E-state index in [0.29, 0.717) is 23.8 Å². The van der Waals surface area contributed by atoms with Crippen molar-refractivity contribution in [2.75, 3.05) is 13.1 Å². The van der Waals surface area contributed by atoms with Crippen LogP contribution in [0.4, 0.5) is 0 Å². The molecule has 22 heavy (non-hydrogen) atoms. The molecule has 6 aliphatic rings. The number of likely N-dealkylation sites (tertiary alicyclic amines) is 1. The highest BCUT2D eigenvalue weighted by molar-refractivity contribution is 5.85. The number of halogens is 1. The molecule has 0 aromatic heterocycles. The minimum absolute atomic E-state index is 0. The molecule has 6 fully saturated rings. The molecule has 3 nitrogen and oxygen atoms in total. The number of rotatable bonds is 1. The van der Waals surface area contributed by atoms with Crippen LogP contribution in [0.2, 0.25) is 0 Å². The first-order valence-electron chi connectivity index (χ1n) is 9.18. The Hall–Kier alpha value is -0.280. The Morgan fingerprint density at radius 1 is 0.955 bits per heavy atom. The summed E-state index contributed by atoms with van der Waals surface area (Å²) >= 11 is 0. The summed E-state index contributed by atoms with van der Waals surface area (Å²) in [4.78, 5) is 15.6. The van der Waals surface area contributed by atoms with Crippen molar-refractivity contribution in [1.29, 1.82) is 0 Å². The molecule has 3 atom stereocenters. The molecule has 5 aliphatic carbocycles. The van der Waals surface area contributed by atoms with E-state index in [2.05, 4.69) is 4.90 Å². The number of hydrogen-bond donors (Lipinski definition) is 1. The monoisotopic (exact) mass is 324 g/mol. The normalized spacial score (nSPS) is 51.8. The lowest BCUT2D eigenvalue weighted by Crippen LogP contribution is -2.54. The Bertz CT molecular complexity index is 444. The van der Waals surface area contributed by atoms with Gasteiger partial charge in [0.2, 0.25) is 5.91 Å². The third-order valence-corrected chi connectivity index (χ3v) is 7.69. The Labute approximate surface area is 139 Å². The second-order valence-corrected chi connectivity index (χ2v) is 9.07. The van der Waals surface area contributed by atoms with Crippen molar-refractivity contribution in [3.8, 4) is 0 Å². The molecule has 2 N–H and O–H groups in total. The quantitative estimate of drug-likeness (QED) is 0.806. The average molecular weight is 325 g/mol. The molecule has 1 heterocycles. The Morgan fingerprint density at radius 2 is 1.55 bits per heavy atom. The SMILES string of the molecule is Cl.NC1CCC2CN(C(=O)C34CC5CC(CC(C5)C3)C4)CC12. The minimum atomic E-state index is 0. The minimum Gasteiger partial charge on any atom is -0.342 e. The van der Waals surface area contributed by atoms with Gasteiger partial charge in [-0.15, -0.1) is 12.4 Å². The number of nitrogens with zero attached hydrogens (tertiary/aromatic N) is 1. The fraction of sp³-hybridized carbons (Fsp3) is 0.944. The van der Waals surface area contributed by atoms with Crippen LogP contribution < -0.4 is 5.73 Å². The van der Waals surface area contributed by atoms with E-state index >= 15 is 0 Å². The summed E-state index contributed by atoms with van der Waals surface area (Å²) < 4.78 is 0. The van der Waals surface area contributed by atoms with Crippen molar-refractivity contribution in [3.63, 3.8) is 0 Å². The van der Waals surface area contributed by atoms with E-state index in [1.165, 1.54) is 51.4 Å². The third kappa shape index (κ3) is 2.07. The average Bonchev–Trinajstić information content (AvgIpc) is 2.99. The molecule has 4 heteroatoms. The third-order valence-electron chi connectivity index (χ3n) is 7.69. The zero-order valence-electron chi connectivity index (χ0n) is 13.4.